The lowest BCUT2D eigenvalue weighted by Gasteiger charge is -2.36. The molecule has 0 amide bonds. The third kappa shape index (κ3) is 7.23. The Labute approximate surface area is 247 Å². The van der Waals surface area contributed by atoms with Crippen molar-refractivity contribution >= 4 is 22.9 Å². The zero-order valence-corrected chi connectivity index (χ0v) is 25.3. The van der Waals surface area contributed by atoms with Gasteiger partial charge in [0.2, 0.25) is 0 Å². The molecule has 0 saturated carbocycles. The molecule has 222 valence electrons. The third-order valence-corrected chi connectivity index (χ3v) is 7.45. The molecule has 0 atom stereocenters. The van der Waals surface area contributed by atoms with E-state index in [0.717, 1.165) is 38.4 Å². The number of carbonyl (C=O) groups is 1. The number of hydrogen-bond donors (Lipinski definition) is 0. The molecule has 1 saturated heterocycles. The molecule has 0 aliphatic carbocycles. The zero-order chi connectivity index (χ0) is 29.9. The van der Waals surface area contributed by atoms with Crippen molar-refractivity contribution in [3.8, 4) is 11.1 Å². The Balaban J connectivity index is 1.21. The first-order valence-corrected chi connectivity index (χ1v) is 14.6. The summed E-state index contributed by atoms with van der Waals surface area (Å²) in [5.41, 5.74) is 4.96. The number of rotatable bonds is 8. The summed E-state index contributed by atoms with van der Waals surface area (Å²) in [5.74, 6) is -0.573. The Morgan fingerprint density at radius 3 is 2.26 bits per heavy atom. The number of carbonyl (C=O) groups excluding carboxylic acids is 1. The Morgan fingerprint density at radius 2 is 1.55 bits per heavy atom. The number of anilines is 1. The van der Waals surface area contributed by atoms with Gasteiger partial charge in [-0.1, -0.05) is 75.4 Å². The van der Waals surface area contributed by atoms with E-state index in [1.165, 1.54) is 21.3 Å². The molecule has 2 heterocycles. The summed E-state index contributed by atoms with van der Waals surface area (Å²) in [4.78, 5) is 29.9. The number of para-hydroxylation sites is 1. The summed E-state index contributed by atoms with van der Waals surface area (Å²) in [6, 6.07) is 24.8. The number of nitrogens with zero attached hydrogens (tertiary/aromatic N) is 3. The summed E-state index contributed by atoms with van der Waals surface area (Å²) < 4.78 is 17.9. The second kappa shape index (κ2) is 12.1. The van der Waals surface area contributed by atoms with Crippen LogP contribution in [0.3, 0.4) is 0 Å². The number of oxazole rings is 1. The summed E-state index contributed by atoms with van der Waals surface area (Å²) in [6.07, 6.45) is -0.146. The van der Waals surface area contributed by atoms with Gasteiger partial charge >= 0.3 is 11.9 Å². The van der Waals surface area contributed by atoms with Gasteiger partial charge in [-0.3, -0.25) is 4.90 Å². The van der Waals surface area contributed by atoms with Crippen LogP contribution in [0.25, 0.3) is 22.2 Å². The molecular formula is C34H41N3O5. The maximum atomic E-state index is 12.8. The van der Waals surface area contributed by atoms with E-state index < -0.39 is 17.5 Å². The van der Waals surface area contributed by atoms with Gasteiger partial charge in [-0.15, -0.1) is 0 Å². The van der Waals surface area contributed by atoms with Crippen LogP contribution in [0.2, 0.25) is 0 Å². The van der Waals surface area contributed by atoms with Crippen LogP contribution in [-0.2, 0) is 22.7 Å². The predicted octanol–water partition coefficient (Wildman–Crippen LogP) is 6.91. The lowest BCUT2D eigenvalue weighted by atomic mass is 9.84. The van der Waals surface area contributed by atoms with Gasteiger partial charge in [0.25, 0.3) is 0 Å². The molecule has 0 bridgehead atoms. The van der Waals surface area contributed by atoms with Crippen LogP contribution >= 0.6 is 0 Å². The highest BCUT2D eigenvalue weighted by molar-refractivity contribution is 5.87. The highest BCUT2D eigenvalue weighted by atomic mass is 16.7. The number of ether oxygens (including phenoxy) is 2. The van der Waals surface area contributed by atoms with Crippen molar-refractivity contribution in [3.63, 3.8) is 0 Å². The molecule has 1 aliphatic rings. The molecule has 8 heteroatoms. The molecule has 0 N–H and O–H groups in total. The van der Waals surface area contributed by atoms with E-state index in [1.807, 2.05) is 32.0 Å². The van der Waals surface area contributed by atoms with Gasteiger partial charge in [-0.2, -0.15) is 0 Å². The number of piperazine rings is 1. The van der Waals surface area contributed by atoms with Crippen LogP contribution < -0.4 is 10.7 Å². The normalized spacial score (nSPS) is 14.7. The van der Waals surface area contributed by atoms with Crippen LogP contribution in [-0.4, -0.2) is 47.4 Å². The largest absolute Gasteiger partial charge is 0.510 e. The summed E-state index contributed by atoms with van der Waals surface area (Å²) >= 11 is 0. The molecule has 0 spiro atoms. The van der Waals surface area contributed by atoms with Crippen molar-refractivity contribution in [2.75, 3.05) is 31.1 Å². The van der Waals surface area contributed by atoms with E-state index in [1.54, 1.807) is 6.07 Å². The molecule has 8 nitrogen and oxygen atoms in total. The minimum Gasteiger partial charge on any atom is -0.428 e. The van der Waals surface area contributed by atoms with Crippen molar-refractivity contribution in [1.82, 2.24) is 9.47 Å². The van der Waals surface area contributed by atoms with E-state index in [4.69, 9.17) is 13.9 Å². The van der Waals surface area contributed by atoms with Crippen molar-refractivity contribution in [2.24, 2.45) is 5.41 Å². The monoisotopic (exact) mass is 571 g/mol. The number of fused-ring (bicyclic) bond motifs is 1. The molecule has 1 fully saturated rings. The van der Waals surface area contributed by atoms with E-state index in [-0.39, 0.29) is 12.1 Å². The molecule has 3 aromatic carbocycles. The summed E-state index contributed by atoms with van der Waals surface area (Å²) in [5, 5.41) is 0. The molecular weight excluding hydrogens is 530 g/mol. The minimum absolute atomic E-state index is 0.0171. The van der Waals surface area contributed by atoms with Crippen LogP contribution in [0.5, 0.6) is 0 Å². The Hall–Kier alpha value is -4.04. The summed E-state index contributed by atoms with van der Waals surface area (Å²) in [7, 11) is 0. The summed E-state index contributed by atoms with van der Waals surface area (Å²) in [6.45, 7) is 13.9. The topological polar surface area (TPSA) is 77.1 Å². The standard InChI is InChI=1S/C34H41N3O5/c1-33(2,3)23-34(4,5)42-32(39)40-24-37-29-16-10-15-28(30(29)41-31(37)38)36-19-17-35(18-20-36)22-25-11-9-14-27(21-25)26-12-7-6-8-13-26/h6-16,21H,17-20,22-24H2,1-5H3. The quantitative estimate of drug-likeness (QED) is 0.213. The molecule has 1 aromatic heterocycles. The van der Waals surface area contributed by atoms with Crippen molar-refractivity contribution in [3.05, 3.63) is 88.9 Å². The Kier molecular flexibility index (Phi) is 8.45. The fraction of sp³-hybridized carbons (Fsp3) is 0.412. The van der Waals surface area contributed by atoms with Gasteiger partial charge in [0.15, 0.2) is 12.3 Å². The van der Waals surface area contributed by atoms with E-state index in [2.05, 4.69) is 79.1 Å². The predicted molar refractivity (Wildman–Crippen MR) is 166 cm³/mol. The van der Waals surface area contributed by atoms with Crippen molar-refractivity contribution in [1.29, 1.82) is 0 Å². The SMILES string of the molecule is CC(C)(C)CC(C)(C)OC(=O)OCn1c(=O)oc2c(N3CCN(Cc4cccc(-c5ccccc5)c4)CC3)cccc21. The molecule has 0 radical (unpaired) electrons. The van der Waals surface area contributed by atoms with Crippen LogP contribution in [0, 0.1) is 5.41 Å². The Morgan fingerprint density at radius 1 is 0.857 bits per heavy atom. The van der Waals surface area contributed by atoms with Crippen molar-refractivity contribution in [2.45, 2.75) is 59.9 Å². The van der Waals surface area contributed by atoms with Gasteiger partial charge in [0, 0.05) is 32.7 Å². The number of hydrogen-bond acceptors (Lipinski definition) is 7. The molecule has 4 aromatic rings. The number of aromatic nitrogens is 1. The van der Waals surface area contributed by atoms with Gasteiger partial charge in [-0.25, -0.2) is 14.2 Å². The van der Waals surface area contributed by atoms with Crippen LogP contribution in [0.1, 0.15) is 46.6 Å². The fourth-order valence-corrected chi connectivity index (χ4v) is 6.01. The van der Waals surface area contributed by atoms with Crippen molar-refractivity contribution < 1.29 is 18.7 Å². The highest BCUT2D eigenvalue weighted by Crippen LogP contribution is 2.30. The van der Waals surface area contributed by atoms with Gasteiger partial charge in [-0.05, 0) is 60.6 Å². The minimum atomic E-state index is -0.813. The highest BCUT2D eigenvalue weighted by Gasteiger charge is 2.30. The molecule has 5 rings (SSSR count). The fourth-order valence-electron chi connectivity index (χ4n) is 6.01. The first-order valence-electron chi connectivity index (χ1n) is 14.6. The second-order valence-electron chi connectivity index (χ2n) is 12.9. The van der Waals surface area contributed by atoms with Gasteiger partial charge < -0.3 is 18.8 Å². The zero-order valence-electron chi connectivity index (χ0n) is 25.3. The average molecular weight is 572 g/mol. The smallest absolute Gasteiger partial charge is 0.428 e. The van der Waals surface area contributed by atoms with Crippen LogP contribution in [0.4, 0.5) is 10.5 Å². The first kappa shape index (κ1) is 29.5. The lowest BCUT2D eigenvalue weighted by molar-refractivity contribution is -0.0442. The maximum absolute atomic E-state index is 12.8. The third-order valence-electron chi connectivity index (χ3n) is 7.45. The average Bonchev–Trinajstić information content (AvgIpc) is 3.26. The van der Waals surface area contributed by atoms with Crippen LogP contribution in [0.15, 0.2) is 82.0 Å². The van der Waals surface area contributed by atoms with E-state index in [9.17, 15) is 9.59 Å². The molecule has 1 aliphatic heterocycles. The number of benzene rings is 3. The Bertz CT molecular complexity index is 1570. The van der Waals surface area contributed by atoms with Gasteiger partial charge in [0.05, 0.1) is 11.2 Å². The second-order valence-corrected chi connectivity index (χ2v) is 12.9. The van der Waals surface area contributed by atoms with E-state index >= 15 is 0 Å². The lowest BCUT2D eigenvalue weighted by Crippen LogP contribution is -2.46. The first-order chi connectivity index (χ1) is 20.0. The molecule has 42 heavy (non-hydrogen) atoms. The van der Waals surface area contributed by atoms with Gasteiger partial charge in [0.1, 0.15) is 5.60 Å². The molecule has 0 unspecified atom stereocenters. The van der Waals surface area contributed by atoms with E-state index in [0.29, 0.717) is 17.5 Å². The maximum Gasteiger partial charge on any atom is 0.510 e.